The number of carbonyl (C=O) groups is 2. The fourth-order valence-corrected chi connectivity index (χ4v) is 3.23. The van der Waals surface area contributed by atoms with E-state index >= 15 is 0 Å². The Bertz CT molecular complexity index is 222. The van der Waals surface area contributed by atoms with Crippen molar-refractivity contribution in [3.05, 3.63) is 0 Å². The topological polar surface area (TPSA) is 52.6 Å². The normalized spacial score (nSPS) is 21.9. The zero-order valence-electron chi connectivity index (χ0n) is 9.81. The summed E-state index contributed by atoms with van der Waals surface area (Å²) in [4.78, 5) is 22.4. The lowest BCUT2D eigenvalue weighted by Crippen LogP contribution is -2.15. The largest absolute Gasteiger partial charge is 0.465 e. The van der Waals surface area contributed by atoms with Crippen LogP contribution in [0.3, 0.4) is 0 Å². The van der Waals surface area contributed by atoms with Gasteiger partial charge in [-0.25, -0.2) is 0 Å². The van der Waals surface area contributed by atoms with E-state index < -0.39 is 11.9 Å². The number of hydrogen-bond acceptors (Lipinski definition) is 6. The summed E-state index contributed by atoms with van der Waals surface area (Å²) in [6, 6.07) is 0. The van der Waals surface area contributed by atoms with Crippen molar-refractivity contribution in [3.8, 4) is 0 Å². The van der Waals surface area contributed by atoms with Gasteiger partial charge in [-0.15, -0.1) is 0 Å². The standard InChI is InChI=1S/C11H18O4S2/c12-10-9-11(13)15-4-2-6-17-8-7-16-5-1-3-14-10/h1-9H2. The lowest BCUT2D eigenvalue weighted by atomic mass is 10.4. The van der Waals surface area contributed by atoms with Crippen molar-refractivity contribution in [2.75, 3.05) is 36.2 Å². The molecule has 17 heavy (non-hydrogen) atoms. The summed E-state index contributed by atoms with van der Waals surface area (Å²) in [6.07, 6.45) is 1.42. The maximum Gasteiger partial charge on any atom is 0.317 e. The van der Waals surface area contributed by atoms with Gasteiger partial charge in [0, 0.05) is 11.5 Å². The Kier molecular flexibility index (Phi) is 8.34. The number of cyclic esters (lactones) is 2. The van der Waals surface area contributed by atoms with E-state index in [1.807, 2.05) is 23.5 Å². The van der Waals surface area contributed by atoms with Crippen LogP contribution in [0.15, 0.2) is 0 Å². The molecule has 0 atom stereocenters. The van der Waals surface area contributed by atoms with Crippen molar-refractivity contribution in [1.82, 2.24) is 0 Å². The van der Waals surface area contributed by atoms with Crippen LogP contribution in [0.5, 0.6) is 0 Å². The van der Waals surface area contributed by atoms with Crippen LogP contribution in [0.2, 0.25) is 0 Å². The first-order valence-electron chi connectivity index (χ1n) is 5.76. The van der Waals surface area contributed by atoms with Gasteiger partial charge < -0.3 is 9.47 Å². The maximum absolute atomic E-state index is 11.2. The summed E-state index contributed by atoms with van der Waals surface area (Å²) in [5.74, 6) is 3.28. The Labute approximate surface area is 110 Å². The molecule has 1 fully saturated rings. The molecule has 0 spiro atoms. The molecular weight excluding hydrogens is 260 g/mol. The highest BCUT2D eigenvalue weighted by atomic mass is 32.2. The van der Waals surface area contributed by atoms with Gasteiger partial charge in [-0.05, 0) is 24.3 Å². The van der Waals surface area contributed by atoms with Crippen LogP contribution in [0.1, 0.15) is 19.3 Å². The van der Waals surface area contributed by atoms with E-state index in [1.165, 1.54) is 0 Å². The second-order valence-electron chi connectivity index (χ2n) is 3.55. The zero-order chi connectivity index (χ0) is 12.3. The third kappa shape index (κ3) is 8.37. The molecule has 6 heteroatoms. The summed E-state index contributed by atoms with van der Waals surface area (Å²) >= 11 is 3.75. The summed E-state index contributed by atoms with van der Waals surface area (Å²) < 4.78 is 9.86. The Morgan fingerprint density at radius 2 is 1.24 bits per heavy atom. The van der Waals surface area contributed by atoms with Gasteiger partial charge >= 0.3 is 11.9 Å². The Morgan fingerprint density at radius 1 is 0.765 bits per heavy atom. The number of esters is 2. The number of rotatable bonds is 0. The van der Waals surface area contributed by atoms with Crippen molar-refractivity contribution in [2.24, 2.45) is 0 Å². The number of carbonyl (C=O) groups excluding carboxylic acids is 2. The van der Waals surface area contributed by atoms with Crippen molar-refractivity contribution < 1.29 is 19.1 Å². The van der Waals surface area contributed by atoms with Crippen LogP contribution in [0, 0.1) is 0 Å². The summed E-state index contributed by atoms with van der Waals surface area (Å²) in [6.45, 7) is 0.790. The molecule has 1 rings (SSSR count). The number of thioether (sulfide) groups is 2. The highest BCUT2D eigenvalue weighted by molar-refractivity contribution is 8.02. The van der Waals surface area contributed by atoms with Crippen LogP contribution in [-0.4, -0.2) is 48.2 Å². The zero-order valence-corrected chi connectivity index (χ0v) is 11.4. The molecule has 1 heterocycles. The Balaban J connectivity index is 2.26. The van der Waals surface area contributed by atoms with Crippen LogP contribution in [-0.2, 0) is 19.1 Å². The molecule has 0 aromatic rings. The van der Waals surface area contributed by atoms with Crippen LogP contribution >= 0.6 is 23.5 Å². The first-order chi connectivity index (χ1) is 8.29. The van der Waals surface area contributed by atoms with E-state index in [0.717, 1.165) is 35.9 Å². The molecule has 0 saturated carbocycles. The third-order valence-electron chi connectivity index (χ3n) is 2.05. The minimum Gasteiger partial charge on any atom is -0.465 e. The Morgan fingerprint density at radius 3 is 1.71 bits per heavy atom. The van der Waals surface area contributed by atoms with Gasteiger partial charge in [0.25, 0.3) is 0 Å². The molecule has 0 aliphatic carbocycles. The minimum absolute atomic E-state index is 0.264. The molecule has 1 saturated heterocycles. The third-order valence-corrected chi connectivity index (χ3v) is 4.45. The average Bonchev–Trinajstić information content (AvgIpc) is 2.30. The SMILES string of the molecule is O=C1CC(=O)OCCCSCCSCCCO1. The predicted octanol–water partition coefficient (Wildman–Crippen LogP) is 1.72. The van der Waals surface area contributed by atoms with Gasteiger partial charge in [0.2, 0.25) is 0 Å². The molecule has 0 radical (unpaired) electrons. The molecule has 98 valence electrons. The molecule has 1 aliphatic rings. The summed E-state index contributed by atoms with van der Waals surface area (Å²) in [5, 5.41) is 0. The second-order valence-corrected chi connectivity index (χ2v) is 6.00. The van der Waals surface area contributed by atoms with Gasteiger partial charge in [0.1, 0.15) is 6.42 Å². The molecule has 0 bridgehead atoms. The fraction of sp³-hybridized carbons (Fsp3) is 0.818. The lowest BCUT2D eigenvalue weighted by Gasteiger charge is -2.04. The van der Waals surface area contributed by atoms with E-state index in [1.54, 1.807) is 0 Å². The van der Waals surface area contributed by atoms with Gasteiger partial charge in [0.05, 0.1) is 13.2 Å². The lowest BCUT2D eigenvalue weighted by molar-refractivity contribution is -0.154. The smallest absolute Gasteiger partial charge is 0.317 e. The van der Waals surface area contributed by atoms with Crippen molar-refractivity contribution in [3.63, 3.8) is 0 Å². The first-order valence-corrected chi connectivity index (χ1v) is 8.07. The van der Waals surface area contributed by atoms with Gasteiger partial charge in [-0.1, -0.05) is 0 Å². The first kappa shape index (κ1) is 14.7. The highest BCUT2D eigenvalue weighted by Crippen LogP contribution is 2.10. The van der Waals surface area contributed by atoms with E-state index in [9.17, 15) is 9.59 Å². The van der Waals surface area contributed by atoms with Crippen LogP contribution in [0.25, 0.3) is 0 Å². The quantitative estimate of drug-likeness (QED) is 0.497. The van der Waals surface area contributed by atoms with E-state index in [4.69, 9.17) is 9.47 Å². The highest BCUT2D eigenvalue weighted by Gasteiger charge is 2.11. The van der Waals surface area contributed by atoms with E-state index in [-0.39, 0.29) is 6.42 Å². The molecule has 4 nitrogen and oxygen atoms in total. The summed E-state index contributed by atoms with van der Waals surface area (Å²) in [7, 11) is 0. The van der Waals surface area contributed by atoms with E-state index in [0.29, 0.717) is 13.2 Å². The summed E-state index contributed by atoms with van der Waals surface area (Å²) in [5.41, 5.74) is 0. The molecule has 0 aromatic heterocycles. The molecule has 0 unspecified atom stereocenters. The predicted molar refractivity (Wildman–Crippen MR) is 70.4 cm³/mol. The monoisotopic (exact) mass is 278 g/mol. The fourth-order valence-electron chi connectivity index (χ4n) is 1.24. The molecule has 0 N–H and O–H groups in total. The second kappa shape index (κ2) is 9.65. The van der Waals surface area contributed by atoms with E-state index in [2.05, 4.69) is 0 Å². The number of ether oxygens (including phenoxy) is 2. The molecule has 0 amide bonds. The average molecular weight is 278 g/mol. The molecule has 1 aliphatic heterocycles. The maximum atomic E-state index is 11.2. The minimum atomic E-state index is -0.482. The van der Waals surface area contributed by atoms with Crippen LogP contribution in [0.4, 0.5) is 0 Å². The van der Waals surface area contributed by atoms with Crippen molar-refractivity contribution in [1.29, 1.82) is 0 Å². The van der Waals surface area contributed by atoms with Gasteiger partial charge in [-0.3, -0.25) is 9.59 Å². The van der Waals surface area contributed by atoms with Gasteiger partial charge in [0.15, 0.2) is 0 Å². The van der Waals surface area contributed by atoms with Crippen molar-refractivity contribution >= 4 is 35.5 Å². The van der Waals surface area contributed by atoms with Gasteiger partial charge in [-0.2, -0.15) is 23.5 Å². The van der Waals surface area contributed by atoms with Crippen molar-refractivity contribution in [2.45, 2.75) is 19.3 Å². The molecular formula is C11H18O4S2. The van der Waals surface area contributed by atoms with Crippen LogP contribution < -0.4 is 0 Å². The Hall–Kier alpha value is -0.360. The number of hydrogen-bond donors (Lipinski definition) is 0. The molecule has 0 aromatic carbocycles.